The van der Waals surface area contributed by atoms with Crippen LogP contribution in [0.4, 0.5) is 4.39 Å². The van der Waals surface area contributed by atoms with Gasteiger partial charge >= 0.3 is 0 Å². The van der Waals surface area contributed by atoms with Gasteiger partial charge in [-0.15, -0.1) is 0 Å². The molecule has 2 aromatic heterocycles. The Balaban J connectivity index is 2.18. The standard InChI is InChI=1S/C16H12FN3/c1-11-10-20-15(4-3-5-16(20)19-11)13-7-6-12(9-18-2)8-14(13)17/h3-8,10H,9H2,1H3. The maximum atomic E-state index is 14.3. The van der Waals surface area contributed by atoms with Crippen molar-refractivity contribution in [3.8, 4) is 11.3 Å². The van der Waals surface area contributed by atoms with Crippen LogP contribution in [0.5, 0.6) is 0 Å². The van der Waals surface area contributed by atoms with E-state index in [-0.39, 0.29) is 12.4 Å². The topological polar surface area (TPSA) is 21.7 Å². The molecule has 0 saturated carbocycles. The summed E-state index contributed by atoms with van der Waals surface area (Å²) in [5, 5.41) is 0. The largest absolute Gasteiger partial charge is 0.312 e. The Morgan fingerprint density at radius 2 is 2.15 bits per heavy atom. The Kier molecular flexibility index (Phi) is 2.96. The number of halogens is 1. The first-order chi connectivity index (χ1) is 9.69. The van der Waals surface area contributed by atoms with Crippen LogP contribution in [0.3, 0.4) is 0 Å². The van der Waals surface area contributed by atoms with Crippen molar-refractivity contribution in [1.82, 2.24) is 9.38 Å². The van der Waals surface area contributed by atoms with Gasteiger partial charge in [0, 0.05) is 17.3 Å². The van der Waals surface area contributed by atoms with Crippen LogP contribution in [-0.4, -0.2) is 9.38 Å². The number of hydrogen-bond donors (Lipinski definition) is 0. The smallest absolute Gasteiger partial charge is 0.239 e. The van der Waals surface area contributed by atoms with Gasteiger partial charge in [-0.25, -0.2) is 15.9 Å². The molecule has 0 aliphatic carbocycles. The van der Waals surface area contributed by atoms with E-state index in [0.717, 1.165) is 17.0 Å². The molecule has 0 N–H and O–H groups in total. The van der Waals surface area contributed by atoms with Crippen molar-refractivity contribution in [2.75, 3.05) is 0 Å². The summed E-state index contributed by atoms with van der Waals surface area (Å²) in [5.74, 6) is -0.315. The first-order valence-electron chi connectivity index (χ1n) is 6.26. The molecule has 0 aliphatic rings. The van der Waals surface area contributed by atoms with Crippen molar-refractivity contribution in [1.29, 1.82) is 0 Å². The summed E-state index contributed by atoms with van der Waals surface area (Å²) >= 11 is 0. The van der Waals surface area contributed by atoms with Gasteiger partial charge in [-0.1, -0.05) is 12.1 Å². The monoisotopic (exact) mass is 265 g/mol. The lowest BCUT2D eigenvalue weighted by Crippen LogP contribution is -1.94. The van der Waals surface area contributed by atoms with E-state index in [9.17, 15) is 4.39 Å². The summed E-state index contributed by atoms with van der Waals surface area (Å²) in [5.41, 5.74) is 3.65. The van der Waals surface area contributed by atoms with Crippen LogP contribution in [-0.2, 0) is 6.54 Å². The maximum absolute atomic E-state index is 14.3. The van der Waals surface area contributed by atoms with Crippen molar-refractivity contribution >= 4 is 5.65 Å². The van der Waals surface area contributed by atoms with Crippen LogP contribution in [0, 0.1) is 19.3 Å². The van der Waals surface area contributed by atoms with Gasteiger partial charge in [0.15, 0.2) is 0 Å². The van der Waals surface area contributed by atoms with Crippen LogP contribution in [0.2, 0.25) is 0 Å². The lowest BCUT2D eigenvalue weighted by molar-refractivity contribution is 0.628. The van der Waals surface area contributed by atoms with Gasteiger partial charge < -0.3 is 4.85 Å². The molecule has 3 rings (SSSR count). The van der Waals surface area contributed by atoms with Crippen molar-refractivity contribution < 1.29 is 4.39 Å². The second-order valence-corrected chi connectivity index (χ2v) is 4.65. The molecular formula is C16H12FN3. The Morgan fingerprint density at radius 1 is 1.30 bits per heavy atom. The van der Waals surface area contributed by atoms with Crippen molar-refractivity contribution in [3.63, 3.8) is 0 Å². The van der Waals surface area contributed by atoms with E-state index >= 15 is 0 Å². The zero-order valence-corrected chi connectivity index (χ0v) is 11.0. The Labute approximate surface area is 116 Å². The van der Waals surface area contributed by atoms with Crippen LogP contribution in [0.25, 0.3) is 21.7 Å². The predicted molar refractivity (Wildman–Crippen MR) is 75.6 cm³/mol. The summed E-state index contributed by atoms with van der Waals surface area (Å²) in [6.45, 7) is 8.94. The summed E-state index contributed by atoms with van der Waals surface area (Å²) in [4.78, 5) is 7.65. The van der Waals surface area contributed by atoms with Crippen LogP contribution in [0.15, 0.2) is 42.6 Å². The van der Waals surface area contributed by atoms with E-state index in [1.54, 1.807) is 12.1 Å². The number of aromatic nitrogens is 2. The second kappa shape index (κ2) is 4.78. The number of hydrogen-bond acceptors (Lipinski definition) is 1. The predicted octanol–water partition coefficient (Wildman–Crippen LogP) is 3.87. The minimum Gasteiger partial charge on any atom is -0.312 e. The Hall–Kier alpha value is -2.67. The normalized spacial score (nSPS) is 10.7. The first-order valence-corrected chi connectivity index (χ1v) is 6.26. The minimum absolute atomic E-state index is 0.200. The van der Waals surface area contributed by atoms with E-state index in [4.69, 9.17) is 6.57 Å². The van der Waals surface area contributed by atoms with E-state index < -0.39 is 0 Å². The zero-order chi connectivity index (χ0) is 14.1. The third-order valence-electron chi connectivity index (χ3n) is 3.18. The number of benzene rings is 1. The molecule has 0 saturated heterocycles. The second-order valence-electron chi connectivity index (χ2n) is 4.65. The van der Waals surface area contributed by atoms with Crippen molar-refractivity contribution in [2.24, 2.45) is 0 Å². The highest BCUT2D eigenvalue weighted by Gasteiger charge is 2.11. The summed E-state index contributed by atoms with van der Waals surface area (Å²) in [6, 6.07) is 10.6. The highest BCUT2D eigenvalue weighted by atomic mass is 19.1. The van der Waals surface area contributed by atoms with Crippen LogP contribution >= 0.6 is 0 Å². The average Bonchev–Trinajstić information content (AvgIpc) is 2.79. The molecule has 0 spiro atoms. The van der Waals surface area contributed by atoms with Gasteiger partial charge in [-0.3, -0.25) is 4.40 Å². The fraction of sp³-hybridized carbons (Fsp3) is 0.125. The average molecular weight is 265 g/mol. The number of rotatable bonds is 2. The lowest BCUT2D eigenvalue weighted by Gasteiger charge is -2.07. The Morgan fingerprint density at radius 3 is 2.90 bits per heavy atom. The molecule has 0 fully saturated rings. The van der Waals surface area contributed by atoms with Gasteiger partial charge in [0.1, 0.15) is 11.5 Å². The quantitative estimate of drug-likeness (QED) is 0.645. The molecule has 20 heavy (non-hydrogen) atoms. The van der Waals surface area contributed by atoms with Crippen molar-refractivity contribution in [3.05, 3.63) is 71.1 Å². The summed E-state index contributed by atoms with van der Waals surface area (Å²) in [6.07, 6.45) is 1.89. The van der Waals surface area contributed by atoms with Gasteiger partial charge in [0.25, 0.3) is 0 Å². The Bertz CT molecular complexity index is 827. The van der Waals surface area contributed by atoms with Gasteiger partial charge in [0.2, 0.25) is 6.54 Å². The molecule has 0 unspecified atom stereocenters. The minimum atomic E-state index is -0.315. The highest BCUT2D eigenvalue weighted by molar-refractivity contribution is 5.64. The first kappa shape index (κ1) is 12.4. The fourth-order valence-electron chi connectivity index (χ4n) is 2.31. The molecule has 1 aromatic carbocycles. The molecule has 3 aromatic rings. The van der Waals surface area contributed by atoms with Gasteiger partial charge in [-0.05, 0) is 31.2 Å². The number of aryl methyl sites for hydroxylation is 1. The molecule has 0 aliphatic heterocycles. The highest BCUT2D eigenvalue weighted by Crippen LogP contribution is 2.25. The van der Waals surface area contributed by atoms with Gasteiger partial charge in [-0.2, -0.15) is 0 Å². The molecule has 4 heteroatoms. The van der Waals surface area contributed by atoms with Gasteiger partial charge in [0.05, 0.1) is 11.4 Å². The SMILES string of the molecule is [C-]#[N+]Cc1ccc(-c2cccc3nc(C)cn23)c(F)c1. The molecule has 0 atom stereocenters. The van der Waals surface area contributed by atoms with E-state index in [1.807, 2.05) is 35.7 Å². The molecule has 0 radical (unpaired) electrons. The molecule has 0 amide bonds. The lowest BCUT2D eigenvalue weighted by atomic mass is 10.1. The van der Waals surface area contributed by atoms with Crippen LogP contribution in [0.1, 0.15) is 11.3 Å². The van der Waals surface area contributed by atoms with E-state index in [2.05, 4.69) is 9.83 Å². The number of imidazole rings is 1. The molecule has 3 nitrogen and oxygen atoms in total. The molecule has 2 heterocycles. The summed E-state index contributed by atoms with van der Waals surface area (Å²) in [7, 11) is 0. The van der Waals surface area contributed by atoms with E-state index in [0.29, 0.717) is 11.1 Å². The fourth-order valence-corrected chi connectivity index (χ4v) is 2.31. The zero-order valence-electron chi connectivity index (χ0n) is 11.0. The molecular weight excluding hydrogens is 253 g/mol. The summed E-state index contributed by atoms with van der Waals surface area (Å²) < 4.78 is 16.1. The van der Waals surface area contributed by atoms with Crippen LogP contribution < -0.4 is 0 Å². The van der Waals surface area contributed by atoms with E-state index in [1.165, 1.54) is 6.07 Å². The molecule has 98 valence electrons. The third-order valence-corrected chi connectivity index (χ3v) is 3.18. The maximum Gasteiger partial charge on any atom is 0.239 e. The number of nitrogens with zero attached hydrogens (tertiary/aromatic N) is 3. The number of pyridine rings is 1. The van der Waals surface area contributed by atoms with Crippen molar-refractivity contribution in [2.45, 2.75) is 13.5 Å². The molecule has 0 bridgehead atoms. The number of fused-ring (bicyclic) bond motifs is 1. The third kappa shape index (κ3) is 2.04.